The fourth-order valence-electron chi connectivity index (χ4n) is 2.56. The summed E-state index contributed by atoms with van der Waals surface area (Å²) < 4.78 is 10.7. The van der Waals surface area contributed by atoms with Gasteiger partial charge in [0.05, 0.1) is 7.11 Å². The van der Waals surface area contributed by atoms with Gasteiger partial charge in [-0.3, -0.25) is 4.79 Å². The number of anilines is 1. The molecule has 0 aliphatic carbocycles. The topological polar surface area (TPSA) is 109 Å². The number of para-hydroxylation sites is 1. The number of carbonyl (C=O) groups is 2. The van der Waals surface area contributed by atoms with Crippen LogP contribution in [0.4, 0.5) is 5.69 Å². The van der Waals surface area contributed by atoms with Crippen LogP contribution in [0.1, 0.15) is 11.1 Å². The first kappa shape index (κ1) is 21.3. The van der Waals surface area contributed by atoms with Gasteiger partial charge < -0.3 is 19.9 Å². The molecule has 29 heavy (non-hydrogen) atoms. The molecule has 0 fully saturated rings. The van der Waals surface area contributed by atoms with Crippen LogP contribution in [0.3, 0.4) is 0 Å². The van der Waals surface area contributed by atoms with Gasteiger partial charge in [0.15, 0.2) is 18.1 Å². The van der Waals surface area contributed by atoms with Crippen molar-refractivity contribution in [2.45, 2.75) is 6.42 Å². The van der Waals surface area contributed by atoms with E-state index in [9.17, 15) is 14.9 Å². The number of allylic oxidation sites excluding steroid dienone is 1. The number of amides is 1. The minimum Gasteiger partial charge on any atom is -0.493 e. The monoisotopic (exact) mass is 392 g/mol. The Balaban J connectivity index is 2.39. The molecule has 2 N–H and O–H groups in total. The second-order valence-electron chi connectivity index (χ2n) is 5.88. The number of hydrogen-bond donors (Lipinski definition) is 2. The van der Waals surface area contributed by atoms with Gasteiger partial charge in [-0.15, -0.1) is 6.58 Å². The lowest BCUT2D eigenvalue weighted by Crippen LogP contribution is -2.13. The van der Waals surface area contributed by atoms with Crippen LogP contribution in [0.5, 0.6) is 11.5 Å². The number of hydrogen-bond acceptors (Lipinski definition) is 5. The van der Waals surface area contributed by atoms with Gasteiger partial charge in [0.2, 0.25) is 0 Å². The zero-order valence-electron chi connectivity index (χ0n) is 15.8. The quantitative estimate of drug-likeness (QED) is 0.384. The van der Waals surface area contributed by atoms with Crippen molar-refractivity contribution in [3.05, 3.63) is 71.8 Å². The maximum atomic E-state index is 12.4. The van der Waals surface area contributed by atoms with E-state index in [4.69, 9.17) is 14.6 Å². The van der Waals surface area contributed by atoms with E-state index >= 15 is 0 Å². The molecule has 0 bridgehead atoms. The fraction of sp³-hybridized carbons (Fsp3) is 0.136. The number of aliphatic carboxylic acids is 1. The van der Waals surface area contributed by atoms with Crippen molar-refractivity contribution < 1.29 is 24.2 Å². The van der Waals surface area contributed by atoms with Gasteiger partial charge >= 0.3 is 5.97 Å². The van der Waals surface area contributed by atoms with Crippen LogP contribution in [-0.2, 0) is 16.0 Å². The molecule has 0 heterocycles. The standard InChI is InChI=1S/C22H20N2O5/c1-3-7-16-10-15(12-19(28-2)21(16)29-14-20(25)26)11-17(13-23)22(27)24-18-8-5-4-6-9-18/h3-6,8-12H,1,7,14H2,2H3,(H,24,27)(H,25,26)/b17-11-. The Bertz CT molecular complexity index is 975. The Morgan fingerprint density at radius 1 is 1.28 bits per heavy atom. The number of methoxy groups -OCH3 is 1. The van der Waals surface area contributed by atoms with Crippen LogP contribution >= 0.6 is 0 Å². The van der Waals surface area contributed by atoms with Gasteiger partial charge in [-0.25, -0.2) is 4.79 Å². The number of nitrogens with zero attached hydrogens (tertiary/aromatic N) is 1. The van der Waals surface area contributed by atoms with Crippen LogP contribution in [0.2, 0.25) is 0 Å². The molecule has 148 valence electrons. The van der Waals surface area contributed by atoms with Crippen molar-refractivity contribution in [2.24, 2.45) is 0 Å². The highest BCUT2D eigenvalue weighted by Gasteiger charge is 2.15. The summed E-state index contributed by atoms with van der Waals surface area (Å²) >= 11 is 0. The Hall–Kier alpha value is -4.05. The first-order chi connectivity index (χ1) is 14.0. The van der Waals surface area contributed by atoms with Gasteiger partial charge in [0.1, 0.15) is 11.6 Å². The molecule has 7 heteroatoms. The molecule has 0 saturated heterocycles. The minimum absolute atomic E-state index is 0.0975. The molecule has 0 radical (unpaired) electrons. The van der Waals surface area contributed by atoms with Crippen LogP contribution < -0.4 is 14.8 Å². The summed E-state index contributed by atoms with van der Waals surface area (Å²) in [6.07, 6.45) is 3.43. The maximum Gasteiger partial charge on any atom is 0.341 e. The first-order valence-corrected chi connectivity index (χ1v) is 8.63. The fourth-order valence-corrected chi connectivity index (χ4v) is 2.56. The van der Waals surface area contributed by atoms with Crippen LogP contribution in [0.15, 0.2) is 60.7 Å². The number of carboxylic acids is 1. The summed E-state index contributed by atoms with van der Waals surface area (Å²) in [5.41, 5.74) is 1.62. The van der Waals surface area contributed by atoms with Gasteiger partial charge in [-0.05, 0) is 42.3 Å². The van der Waals surface area contributed by atoms with Gasteiger partial charge in [-0.2, -0.15) is 5.26 Å². The van der Waals surface area contributed by atoms with E-state index in [2.05, 4.69) is 11.9 Å². The number of ether oxygens (including phenoxy) is 2. The Labute approximate surface area is 168 Å². The summed E-state index contributed by atoms with van der Waals surface area (Å²) in [7, 11) is 1.42. The molecular formula is C22H20N2O5. The van der Waals surface area contributed by atoms with Gasteiger partial charge in [0, 0.05) is 11.3 Å². The first-order valence-electron chi connectivity index (χ1n) is 8.63. The third-order valence-electron chi connectivity index (χ3n) is 3.79. The average molecular weight is 392 g/mol. The van der Waals surface area contributed by atoms with E-state index in [0.29, 0.717) is 23.2 Å². The third-order valence-corrected chi connectivity index (χ3v) is 3.79. The SMILES string of the molecule is C=CCc1cc(/C=C(/C#N)C(=O)Nc2ccccc2)cc(OC)c1OCC(=O)O. The lowest BCUT2D eigenvalue weighted by molar-refractivity contribution is -0.139. The Morgan fingerprint density at radius 2 is 2.00 bits per heavy atom. The molecule has 0 unspecified atom stereocenters. The molecule has 0 aromatic heterocycles. The van der Waals surface area contributed by atoms with Crippen molar-refractivity contribution in [2.75, 3.05) is 19.0 Å². The molecule has 0 aliphatic rings. The third kappa shape index (κ3) is 5.97. The second kappa shape index (κ2) is 10.3. The van der Waals surface area contributed by atoms with Crippen molar-refractivity contribution >= 4 is 23.6 Å². The number of carbonyl (C=O) groups excluding carboxylic acids is 1. The van der Waals surface area contributed by atoms with E-state index in [0.717, 1.165) is 0 Å². The molecule has 0 atom stereocenters. The zero-order valence-corrected chi connectivity index (χ0v) is 15.8. The smallest absolute Gasteiger partial charge is 0.341 e. The van der Waals surface area contributed by atoms with Crippen molar-refractivity contribution in [3.8, 4) is 17.6 Å². The van der Waals surface area contributed by atoms with Crippen LogP contribution in [0, 0.1) is 11.3 Å². The molecule has 0 saturated carbocycles. The van der Waals surface area contributed by atoms with Gasteiger partial charge in [-0.1, -0.05) is 24.3 Å². The van der Waals surface area contributed by atoms with Gasteiger partial charge in [0.25, 0.3) is 5.91 Å². The predicted octanol–water partition coefficient (Wildman–Crippen LogP) is 3.43. The molecule has 2 aromatic rings. The maximum absolute atomic E-state index is 12.4. The molecule has 0 aliphatic heterocycles. The highest BCUT2D eigenvalue weighted by Crippen LogP contribution is 2.34. The number of nitriles is 1. The van der Waals surface area contributed by atoms with Crippen LogP contribution in [-0.4, -0.2) is 30.7 Å². The lowest BCUT2D eigenvalue weighted by Gasteiger charge is -2.15. The molecule has 0 spiro atoms. The summed E-state index contributed by atoms with van der Waals surface area (Å²) in [5.74, 6) is -1.10. The summed E-state index contributed by atoms with van der Waals surface area (Å²) in [4.78, 5) is 23.3. The Morgan fingerprint density at radius 3 is 2.59 bits per heavy atom. The van der Waals surface area contributed by atoms with E-state index in [1.54, 1.807) is 42.5 Å². The summed E-state index contributed by atoms with van der Waals surface area (Å²) in [6, 6.07) is 13.9. The number of benzene rings is 2. The molecule has 1 amide bonds. The van der Waals surface area contributed by atoms with E-state index in [1.807, 2.05) is 12.1 Å². The lowest BCUT2D eigenvalue weighted by atomic mass is 10.0. The molecule has 2 aromatic carbocycles. The zero-order chi connectivity index (χ0) is 21.2. The highest BCUT2D eigenvalue weighted by atomic mass is 16.5. The van der Waals surface area contributed by atoms with E-state index < -0.39 is 18.5 Å². The van der Waals surface area contributed by atoms with Crippen LogP contribution in [0.25, 0.3) is 6.08 Å². The molecule has 2 rings (SSSR count). The number of carboxylic acid groups (broad SMARTS) is 1. The molecular weight excluding hydrogens is 372 g/mol. The largest absolute Gasteiger partial charge is 0.493 e. The normalized spacial score (nSPS) is 10.6. The summed E-state index contributed by atoms with van der Waals surface area (Å²) in [5, 5.41) is 20.9. The van der Waals surface area contributed by atoms with Crippen molar-refractivity contribution in [3.63, 3.8) is 0 Å². The predicted molar refractivity (Wildman–Crippen MR) is 109 cm³/mol. The minimum atomic E-state index is -1.12. The van der Waals surface area contributed by atoms with Crippen molar-refractivity contribution in [1.82, 2.24) is 0 Å². The number of rotatable bonds is 9. The Kier molecular flexibility index (Phi) is 7.57. The highest BCUT2D eigenvalue weighted by molar-refractivity contribution is 6.09. The van der Waals surface area contributed by atoms with E-state index in [1.165, 1.54) is 13.2 Å². The second-order valence-corrected chi connectivity index (χ2v) is 5.88. The average Bonchev–Trinajstić information content (AvgIpc) is 2.71. The number of nitrogens with one attached hydrogen (secondary N) is 1. The van der Waals surface area contributed by atoms with E-state index in [-0.39, 0.29) is 17.1 Å². The molecule has 7 nitrogen and oxygen atoms in total. The summed E-state index contributed by atoms with van der Waals surface area (Å²) in [6.45, 7) is 3.16. The van der Waals surface area contributed by atoms with Crippen molar-refractivity contribution in [1.29, 1.82) is 5.26 Å².